The van der Waals surface area contributed by atoms with E-state index < -0.39 is 4.92 Å². The number of benzene rings is 1. The molecule has 0 aliphatic heterocycles. The molecule has 7 nitrogen and oxygen atoms in total. The van der Waals surface area contributed by atoms with Crippen molar-refractivity contribution in [2.45, 2.75) is 20.4 Å². The number of rotatable bonds is 6. The monoisotopic (exact) mass is 277 g/mol. The Morgan fingerprint density at radius 1 is 1.40 bits per heavy atom. The van der Waals surface area contributed by atoms with Crippen molar-refractivity contribution >= 4 is 11.4 Å². The zero-order chi connectivity index (χ0) is 14.5. The van der Waals surface area contributed by atoms with Crippen LogP contribution < -0.4 is 10.1 Å². The molecule has 0 saturated heterocycles. The Balaban J connectivity index is 2.15. The Bertz CT molecular complexity index is 609. The molecule has 0 spiro atoms. The van der Waals surface area contributed by atoms with Gasteiger partial charge in [-0.2, -0.15) is 0 Å². The van der Waals surface area contributed by atoms with Gasteiger partial charge in [0.15, 0.2) is 0 Å². The van der Waals surface area contributed by atoms with Gasteiger partial charge in [0.1, 0.15) is 17.2 Å². The van der Waals surface area contributed by atoms with Crippen molar-refractivity contribution in [2.75, 3.05) is 11.9 Å². The predicted molar refractivity (Wildman–Crippen MR) is 72.8 cm³/mol. The highest BCUT2D eigenvalue weighted by atomic mass is 16.6. The highest BCUT2D eigenvalue weighted by molar-refractivity contribution is 5.56. The third kappa shape index (κ3) is 3.47. The maximum atomic E-state index is 10.9. The van der Waals surface area contributed by atoms with Crippen molar-refractivity contribution in [2.24, 2.45) is 0 Å². The van der Waals surface area contributed by atoms with Gasteiger partial charge in [-0.15, -0.1) is 0 Å². The zero-order valence-electron chi connectivity index (χ0n) is 11.3. The summed E-state index contributed by atoms with van der Waals surface area (Å²) < 4.78 is 10.3. The van der Waals surface area contributed by atoms with Crippen LogP contribution in [-0.2, 0) is 6.54 Å². The smallest absolute Gasteiger partial charge is 0.275 e. The SMILES string of the molecule is CCOc1cc(NCc2cc(C)on2)cc([N+](=O)[O-])c1. The first-order valence-electron chi connectivity index (χ1n) is 6.17. The molecular weight excluding hydrogens is 262 g/mol. The molecule has 0 saturated carbocycles. The molecule has 20 heavy (non-hydrogen) atoms. The number of hydrogen-bond acceptors (Lipinski definition) is 6. The molecule has 7 heteroatoms. The number of ether oxygens (including phenoxy) is 1. The second-order valence-corrected chi connectivity index (χ2v) is 4.19. The second-order valence-electron chi connectivity index (χ2n) is 4.19. The molecule has 106 valence electrons. The minimum absolute atomic E-state index is 0.0187. The highest BCUT2D eigenvalue weighted by Crippen LogP contribution is 2.26. The molecule has 2 aromatic rings. The van der Waals surface area contributed by atoms with Gasteiger partial charge in [0.05, 0.1) is 24.1 Å². The van der Waals surface area contributed by atoms with Gasteiger partial charge in [0.2, 0.25) is 0 Å². The van der Waals surface area contributed by atoms with Crippen LogP contribution in [-0.4, -0.2) is 16.7 Å². The summed E-state index contributed by atoms with van der Waals surface area (Å²) in [5.41, 5.74) is 1.31. The zero-order valence-corrected chi connectivity index (χ0v) is 11.3. The van der Waals surface area contributed by atoms with Crippen molar-refractivity contribution < 1.29 is 14.2 Å². The number of nitro benzene ring substituents is 1. The molecule has 0 amide bonds. The molecule has 0 aliphatic carbocycles. The van der Waals surface area contributed by atoms with Gasteiger partial charge in [-0.25, -0.2) is 0 Å². The van der Waals surface area contributed by atoms with Crippen LogP contribution >= 0.6 is 0 Å². The molecule has 0 radical (unpaired) electrons. The minimum atomic E-state index is -0.450. The van der Waals surface area contributed by atoms with Gasteiger partial charge in [0, 0.05) is 23.9 Å². The van der Waals surface area contributed by atoms with Crippen molar-refractivity contribution in [1.82, 2.24) is 5.16 Å². The summed E-state index contributed by atoms with van der Waals surface area (Å²) in [6.45, 7) is 4.49. The molecule has 1 heterocycles. The Hall–Kier alpha value is -2.57. The normalized spacial score (nSPS) is 10.3. The Morgan fingerprint density at radius 2 is 2.20 bits per heavy atom. The molecule has 1 aromatic heterocycles. The Kier molecular flexibility index (Phi) is 4.19. The summed E-state index contributed by atoms with van der Waals surface area (Å²) in [5, 5.41) is 17.8. The van der Waals surface area contributed by atoms with Gasteiger partial charge >= 0.3 is 0 Å². The van der Waals surface area contributed by atoms with Crippen LogP contribution in [0.4, 0.5) is 11.4 Å². The highest BCUT2D eigenvalue weighted by Gasteiger charge is 2.11. The van der Waals surface area contributed by atoms with Crippen molar-refractivity contribution in [3.63, 3.8) is 0 Å². The molecule has 2 rings (SSSR count). The third-order valence-electron chi connectivity index (χ3n) is 2.56. The van der Waals surface area contributed by atoms with E-state index in [9.17, 15) is 10.1 Å². The van der Waals surface area contributed by atoms with Gasteiger partial charge in [-0.05, 0) is 13.8 Å². The van der Waals surface area contributed by atoms with Crippen LogP contribution in [0.1, 0.15) is 18.4 Å². The number of anilines is 1. The topological polar surface area (TPSA) is 90.4 Å². The average molecular weight is 277 g/mol. The fraction of sp³-hybridized carbons (Fsp3) is 0.308. The maximum absolute atomic E-state index is 10.9. The van der Waals surface area contributed by atoms with Gasteiger partial charge in [-0.1, -0.05) is 5.16 Å². The average Bonchev–Trinajstić information content (AvgIpc) is 2.82. The molecule has 0 fully saturated rings. The summed E-state index contributed by atoms with van der Waals surface area (Å²) in [6, 6.07) is 6.36. The molecular formula is C13H15N3O4. The Labute approximate surface area is 115 Å². The lowest BCUT2D eigenvalue weighted by Gasteiger charge is -2.08. The number of hydrogen-bond donors (Lipinski definition) is 1. The molecule has 0 unspecified atom stereocenters. The summed E-state index contributed by atoms with van der Waals surface area (Å²) >= 11 is 0. The number of aryl methyl sites for hydroxylation is 1. The number of nitrogens with one attached hydrogen (secondary N) is 1. The van der Waals surface area contributed by atoms with E-state index in [4.69, 9.17) is 9.26 Å². The number of nitrogens with zero attached hydrogens (tertiary/aromatic N) is 2. The number of nitro groups is 1. The van der Waals surface area contributed by atoms with Crippen LogP contribution in [0.2, 0.25) is 0 Å². The molecule has 0 bridgehead atoms. The van der Waals surface area contributed by atoms with Crippen LogP contribution in [0.15, 0.2) is 28.8 Å². The summed E-state index contributed by atoms with van der Waals surface area (Å²) in [4.78, 5) is 10.4. The first-order chi connectivity index (χ1) is 9.58. The van der Waals surface area contributed by atoms with Crippen LogP contribution in [0.5, 0.6) is 5.75 Å². The lowest BCUT2D eigenvalue weighted by Crippen LogP contribution is -2.01. The van der Waals surface area contributed by atoms with E-state index in [1.807, 2.05) is 6.92 Å². The molecule has 1 aromatic carbocycles. The van der Waals surface area contributed by atoms with E-state index in [0.717, 1.165) is 11.5 Å². The summed E-state index contributed by atoms with van der Waals surface area (Å²) in [7, 11) is 0. The molecule has 0 atom stereocenters. The maximum Gasteiger partial charge on any atom is 0.275 e. The van der Waals surface area contributed by atoms with Crippen LogP contribution in [0.25, 0.3) is 0 Å². The number of aromatic nitrogens is 1. The number of non-ortho nitro benzene ring substituents is 1. The van der Waals surface area contributed by atoms with E-state index in [2.05, 4.69) is 10.5 Å². The van der Waals surface area contributed by atoms with Gasteiger partial charge < -0.3 is 14.6 Å². The van der Waals surface area contributed by atoms with Gasteiger partial charge in [-0.3, -0.25) is 10.1 Å². The first-order valence-corrected chi connectivity index (χ1v) is 6.17. The van der Waals surface area contributed by atoms with E-state index in [1.165, 1.54) is 12.1 Å². The van der Waals surface area contributed by atoms with E-state index in [-0.39, 0.29) is 5.69 Å². The largest absolute Gasteiger partial charge is 0.494 e. The molecule has 0 aliphatic rings. The fourth-order valence-electron chi connectivity index (χ4n) is 1.73. The van der Waals surface area contributed by atoms with E-state index in [1.54, 1.807) is 19.1 Å². The van der Waals surface area contributed by atoms with Crippen LogP contribution in [0.3, 0.4) is 0 Å². The molecule has 1 N–H and O–H groups in total. The lowest BCUT2D eigenvalue weighted by atomic mass is 10.2. The predicted octanol–water partition coefficient (Wildman–Crippen LogP) is 2.90. The van der Waals surface area contributed by atoms with Gasteiger partial charge in [0.25, 0.3) is 5.69 Å². The quantitative estimate of drug-likeness (QED) is 0.645. The summed E-state index contributed by atoms with van der Waals surface area (Å²) in [6.07, 6.45) is 0. The van der Waals surface area contributed by atoms with Crippen LogP contribution in [0, 0.1) is 17.0 Å². The standard InChI is InChI=1S/C13H15N3O4/c1-3-19-13-6-10(5-12(7-13)16(17)18)14-8-11-4-9(2)20-15-11/h4-7,14H,3,8H2,1-2H3. The van der Waals surface area contributed by atoms with Crippen molar-refractivity contribution in [3.8, 4) is 5.75 Å². The van der Waals surface area contributed by atoms with Crippen molar-refractivity contribution in [1.29, 1.82) is 0 Å². The van der Waals surface area contributed by atoms with Crippen molar-refractivity contribution in [3.05, 3.63) is 45.8 Å². The summed E-state index contributed by atoms with van der Waals surface area (Å²) in [5.74, 6) is 1.18. The third-order valence-corrected chi connectivity index (χ3v) is 2.56. The first kappa shape index (κ1) is 13.9. The Morgan fingerprint density at radius 3 is 2.80 bits per heavy atom. The van der Waals surface area contributed by atoms with E-state index in [0.29, 0.717) is 24.6 Å². The van der Waals surface area contributed by atoms with E-state index >= 15 is 0 Å². The lowest BCUT2D eigenvalue weighted by molar-refractivity contribution is -0.384. The fourth-order valence-corrected chi connectivity index (χ4v) is 1.73. The second kappa shape index (κ2) is 6.05. The minimum Gasteiger partial charge on any atom is -0.494 e.